The molecule has 0 radical (unpaired) electrons. The molecule has 9 heteroatoms. The Balaban J connectivity index is 1.47. The highest BCUT2D eigenvalue weighted by Gasteiger charge is 2.29. The number of likely N-dealkylation sites (tertiary alicyclic amines) is 1. The average Bonchev–Trinajstić information content (AvgIpc) is 2.93. The minimum atomic E-state index is -4.08. The summed E-state index contributed by atoms with van der Waals surface area (Å²) < 4.78 is 34.1. The van der Waals surface area contributed by atoms with Crippen LogP contribution in [0.3, 0.4) is 0 Å². The number of carbonyl (C=O) groups excluding carboxylic acids is 1. The SMILES string of the molecule is CCOc1ccccc1N(CC(=O)NCc1ccc(CN2CCCCC2)cc1)S(=O)(=O)c1ccc(Cl)cc1. The van der Waals surface area contributed by atoms with Gasteiger partial charge >= 0.3 is 0 Å². The molecule has 1 saturated heterocycles. The first-order valence-electron chi connectivity index (χ1n) is 12.9. The molecule has 0 saturated carbocycles. The molecule has 1 N–H and O–H groups in total. The van der Waals surface area contributed by atoms with E-state index in [-0.39, 0.29) is 4.90 Å². The zero-order valence-electron chi connectivity index (χ0n) is 21.6. The Morgan fingerprint density at radius 2 is 1.61 bits per heavy atom. The number of carbonyl (C=O) groups is 1. The van der Waals surface area contributed by atoms with Crippen molar-refractivity contribution >= 4 is 33.2 Å². The van der Waals surface area contributed by atoms with Gasteiger partial charge in [-0.25, -0.2) is 8.42 Å². The van der Waals surface area contributed by atoms with Gasteiger partial charge in [0.2, 0.25) is 5.91 Å². The van der Waals surface area contributed by atoms with E-state index in [1.54, 1.807) is 24.3 Å². The van der Waals surface area contributed by atoms with Crippen LogP contribution in [0.15, 0.2) is 77.7 Å². The number of benzene rings is 3. The topological polar surface area (TPSA) is 79.0 Å². The quantitative estimate of drug-likeness (QED) is 0.350. The van der Waals surface area contributed by atoms with Gasteiger partial charge in [0.05, 0.1) is 17.2 Å². The van der Waals surface area contributed by atoms with Crippen molar-refractivity contribution in [1.29, 1.82) is 0 Å². The van der Waals surface area contributed by atoms with Crippen molar-refractivity contribution in [3.05, 3.63) is 88.9 Å². The third kappa shape index (κ3) is 7.28. The maximum Gasteiger partial charge on any atom is 0.264 e. The van der Waals surface area contributed by atoms with Crippen molar-refractivity contribution in [3.8, 4) is 5.75 Å². The molecule has 1 fully saturated rings. The second-order valence-electron chi connectivity index (χ2n) is 9.30. The van der Waals surface area contributed by atoms with E-state index in [2.05, 4.69) is 22.3 Å². The Bertz CT molecular complexity index is 1310. The smallest absolute Gasteiger partial charge is 0.264 e. The Labute approximate surface area is 230 Å². The number of anilines is 1. The first kappa shape index (κ1) is 28.0. The highest BCUT2D eigenvalue weighted by Crippen LogP contribution is 2.32. The van der Waals surface area contributed by atoms with Crippen molar-refractivity contribution in [2.45, 2.75) is 44.2 Å². The minimum Gasteiger partial charge on any atom is -0.492 e. The normalized spacial score (nSPS) is 14.2. The van der Waals surface area contributed by atoms with Crippen LogP contribution in [-0.4, -0.2) is 45.5 Å². The van der Waals surface area contributed by atoms with Crippen molar-refractivity contribution in [2.24, 2.45) is 0 Å². The summed E-state index contributed by atoms with van der Waals surface area (Å²) >= 11 is 5.97. The highest BCUT2D eigenvalue weighted by molar-refractivity contribution is 7.92. The van der Waals surface area contributed by atoms with Crippen LogP contribution < -0.4 is 14.4 Å². The second kappa shape index (κ2) is 13.1. The molecular formula is C29H34ClN3O4S. The predicted octanol–water partition coefficient (Wildman–Crippen LogP) is 5.24. The molecular weight excluding hydrogens is 522 g/mol. The van der Waals surface area contributed by atoms with Gasteiger partial charge in [-0.15, -0.1) is 0 Å². The van der Waals surface area contributed by atoms with Crippen molar-refractivity contribution in [1.82, 2.24) is 10.2 Å². The van der Waals surface area contributed by atoms with E-state index in [1.165, 1.54) is 49.1 Å². The lowest BCUT2D eigenvalue weighted by atomic mass is 10.1. The van der Waals surface area contributed by atoms with E-state index in [4.69, 9.17) is 16.3 Å². The standard InChI is InChI=1S/C29H34ClN3O4S/c1-2-37-28-9-5-4-8-27(28)33(38(35,36)26-16-14-25(30)15-17-26)22-29(34)31-20-23-10-12-24(13-11-23)21-32-18-6-3-7-19-32/h4-5,8-17H,2-3,6-7,18-22H2,1H3,(H,31,34). The van der Waals surface area contributed by atoms with Gasteiger partial charge in [0.15, 0.2) is 0 Å². The lowest BCUT2D eigenvalue weighted by Gasteiger charge is -2.26. The molecule has 3 aromatic rings. The molecule has 0 aromatic heterocycles. The third-order valence-electron chi connectivity index (χ3n) is 6.49. The number of amides is 1. The first-order chi connectivity index (χ1) is 18.4. The summed E-state index contributed by atoms with van der Waals surface area (Å²) in [5.41, 5.74) is 2.49. The van der Waals surface area contributed by atoms with Crippen molar-refractivity contribution in [2.75, 3.05) is 30.5 Å². The number of sulfonamides is 1. The monoisotopic (exact) mass is 555 g/mol. The fourth-order valence-electron chi connectivity index (χ4n) is 4.50. The van der Waals surface area contributed by atoms with Crippen molar-refractivity contribution < 1.29 is 17.9 Å². The molecule has 38 heavy (non-hydrogen) atoms. The molecule has 0 spiro atoms. The van der Waals surface area contributed by atoms with E-state index in [0.717, 1.165) is 29.5 Å². The van der Waals surface area contributed by atoms with E-state index in [0.29, 0.717) is 29.6 Å². The number of nitrogens with zero attached hydrogens (tertiary/aromatic N) is 2. The molecule has 1 aliphatic rings. The van der Waals surface area contributed by atoms with E-state index in [1.807, 2.05) is 19.1 Å². The lowest BCUT2D eigenvalue weighted by Crippen LogP contribution is -2.40. The fourth-order valence-corrected chi connectivity index (χ4v) is 6.06. The van der Waals surface area contributed by atoms with Gasteiger partial charge in [-0.2, -0.15) is 0 Å². The van der Waals surface area contributed by atoms with E-state index >= 15 is 0 Å². The summed E-state index contributed by atoms with van der Waals surface area (Å²) in [5.74, 6) is -0.0455. The van der Waals surface area contributed by atoms with Gasteiger partial charge in [-0.1, -0.05) is 54.4 Å². The molecule has 1 aliphatic heterocycles. The van der Waals surface area contributed by atoms with Crippen LogP contribution in [0.2, 0.25) is 5.02 Å². The Morgan fingerprint density at radius 1 is 0.947 bits per heavy atom. The second-order valence-corrected chi connectivity index (χ2v) is 11.6. The number of hydrogen-bond acceptors (Lipinski definition) is 5. The minimum absolute atomic E-state index is 0.0327. The Morgan fingerprint density at radius 3 is 2.29 bits per heavy atom. The number of rotatable bonds is 11. The van der Waals surface area contributed by atoms with E-state index in [9.17, 15) is 13.2 Å². The van der Waals surface area contributed by atoms with Gasteiger partial charge in [-0.05, 0) is 80.4 Å². The Hall–Kier alpha value is -3.07. The molecule has 3 aromatic carbocycles. The zero-order chi connectivity index (χ0) is 27.0. The molecule has 0 unspecified atom stereocenters. The number of piperidine rings is 1. The summed E-state index contributed by atoms with van der Waals surface area (Å²) in [6, 6.07) is 20.9. The van der Waals surface area contributed by atoms with Crippen LogP contribution in [0.1, 0.15) is 37.3 Å². The fraction of sp³-hybridized carbons (Fsp3) is 0.345. The van der Waals surface area contributed by atoms with Crippen LogP contribution in [-0.2, 0) is 27.9 Å². The largest absolute Gasteiger partial charge is 0.492 e. The molecule has 0 bridgehead atoms. The molecule has 1 heterocycles. The lowest BCUT2D eigenvalue weighted by molar-refractivity contribution is -0.119. The molecule has 0 atom stereocenters. The van der Waals surface area contributed by atoms with E-state index < -0.39 is 22.5 Å². The van der Waals surface area contributed by atoms with Gasteiger partial charge in [0.25, 0.3) is 10.0 Å². The Kier molecular flexibility index (Phi) is 9.66. The number of ether oxygens (including phenoxy) is 1. The molecule has 7 nitrogen and oxygen atoms in total. The van der Waals surface area contributed by atoms with Gasteiger partial charge in [0, 0.05) is 18.1 Å². The third-order valence-corrected chi connectivity index (χ3v) is 8.52. The van der Waals surface area contributed by atoms with Crippen molar-refractivity contribution in [3.63, 3.8) is 0 Å². The van der Waals surface area contributed by atoms with Crippen LogP contribution in [0, 0.1) is 0 Å². The number of para-hydroxylation sites is 2. The maximum atomic E-state index is 13.7. The zero-order valence-corrected chi connectivity index (χ0v) is 23.2. The first-order valence-corrected chi connectivity index (χ1v) is 14.8. The average molecular weight is 556 g/mol. The van der Waals surface area contributed by atoms with Gasteiger partial charge in [0.1, 0.15) is 12.3 Å². The highest BCUT2D eigenvalue weighted by atomic mass is 35.5. The van der Waals surface area contributed by atoms with Gasteiger partial charge < -0.3 is 10.1 Å². The molecule has 202 valence electrons. The summed E-state index contributed by atoms with van der Waals surface area (Å²) in [5, 5.41) is 3.29. The summed E-state index contributed by atoms with van der Waals surface area (Å²) in [4.78, 5) is 15.5. The molecule has 4 rings (SSSR count). The number of halogens is 1. The summed E-state index contributed by atoms with van der Waals surface area (Å²) in [6.45, 7) is 5.28. The van der Waals surface area contributed by atoms with Crippen LogP contribution in [0.25, 0.3) is 0 Å². The number of nitrogens with one attached hydrogen (secondary N) is 1. The summed E-state index contributed by atoms with van der Waals surface area (Å²) in [7, 11) is -4.08. The van der Waals surface area contributed by atoms with Gasteiger partial charge in [-0.3, -0.25) is 14.0 Å². The molecule has 0 aliphatic carbocycles. The van der Waals surface area contributed by atoms with Crippen LogP contribution in [0.4, 0.5) is 5.69 Å². The predicted molar refractivity (Wildman–Crippen MR) is 151 cm³/mol. The molecule has 1 amide bonds. The number of hydrogen-bond donors (Lipinski definition) is 1. The van der Waals surface area contributed by atoms with Crippen LogP contribution >= 0.6 is 11.6 Å². The summed E-state index contributed by atoms with van der Waals surface area (Å²) in [6.07, 6.45) is 3.82. The maximum absolute atomic E-state index is 13.7. The van der Waals surface area contributed by atoms with Crippen LogP contribution in [0.5, 0.6) is 5.75 Å².